The fraction of sp³-hybridized carbons (Fsp3) is 0.263. The highest BCUT2D eigenvalue weighted by molar-refractivity contribution is 7.90. The zero-order chi connectivity index (χ0) is 23.0. The lowest BCUT2D eigenvalue weighted by molar-refractivity contribution is 0.202. The maximum atomic E-state index is 12.4. The molecule has 3 rings (SSSR count). The van der Waals surface area contributed by atoms with Crippen molar-refractivity contribution in [2.75, 3.05) is 24.5 Å². The van der Waals surface area contributed by atoms with Crippen LogP contribution in [0.5, 0.6) is 11.9 Å². The Bertz CT molecular complexity index is 1130. The monoisotopic (exact) mass is 454 g/mol. The summed E-state index contributed by atoms with van der Waals surface area (Å²) in [6, 6.07) is 7.79. The van der Waals surface area contributed by atoms with Gasteiger partial charge in [-0.15, -0.1) is 0 Å². The fourth-order valence-electron chi connectivity index (χ4n) is 2.66. The van der Waals surface area contributed by atoms with Crippen molar-refractivity contribution in [3.8, 4) is 23.0 Å². The van der Waals surface area contributed by atoms with Crippen LogP contribution in [0, 0.1) is 0 Å². The molecule has 13 heteroatoms. The number of rotatable bonds is 11. The molecule has 0 radical (unpaired) electrons. The first-order valence-corrected chi connectivity index (χ1v) is 11.6. The zero-order valence-corrected chi connectivity index (χ0v) is 19.0. The van der Waals surface area contributed by atoms with Crippen LogP contribution in [0.4, 0.5) is 5.82 Å². The van der Waals surface area contributed by atoms with Gasteiger partial charge in [-0.2, -0.15) is 13.1 Å². The smallest absolute Gasteiger partial charge is 0.316 e. The summed E-state index contributed by atoms with van der Waals surface area (Å²) in [5, 5.41) is 0. The molecule has 1 aromatic carbocycles. The summed E-state index contributed by atoms with van der Waals surface area (Å²) in [7, 11) is 0.0468. The summed E-state index contributed by atoms with van der Waals surface area (Å²) < 4.78 is 41.0. The normalized spacial score (nSPS) is 11.2. The molecule has 0 amide bonds. The predicted molar refractivity (Wildman–Crippen MR) is 128 cm³/mol. The topological polar surface area (TPSA) is 128 Å². The molecule has 0 fully saturated rings. The van der Waals surface area contributed by atoms with Gasteiger partial charge in [0, 0.05) is 18.9 Å². The third-order valence-electron chi connectivity index (χ3n) is 4.24. The highest BCUT2D eigenvalue weighted by atomic mass is 32.2. The molecule has 0 saturated heterocycles. The van der Waals surface area contributed by atoms with E-state index in [1.54, 1.807) is 12.4 Å². The van der Waals surface area contributed by atoms with Crippen molar-refractivity contribution in [1.29, 1.82) is 0 Å². The standard InChI is InChI=1S/C19H24B2N6O4S/c1-2-7-26-32(28,29)27-17-16(13-3-5-14(20)6-4-13)18(25-12-24-17)30-8-9-31-19-22-10-15(21)11-23-19/h3-6,10-12,26H,2,7-9,20-21H2,1H3,(H,24,25,27). The second kappa shape index (κ2) is 10.9. The van der Waals surface area contributed by atoms with Crippen LogP contribution in [-0.2, 0) is 10.2 Å². The lowest BCUT2D eigenvalue weighted by Gasteiger charge is -2.16. The number of benzene rings is 1. The SMILES string of the molecule is Bc1ccc(-c2c(NS(=O)(=O)NCCC)ncnc2OCCOc2ncc(B)cn2)cc1. The summed E-state index contributed by atoms with van der Waals surface area (Å²) in [4.78, 5) is 16.5. The molecule has 0 atom stereocenters. The molecule has 32 heavy (non-hydrogen) atoms. The van der Waals surface area contributed by atoms with E-state index in [4.69, 9.17) is 9.47 Å². The Hall–Kier alpha value is -3.18. The molecule has 166 valence electrons. The molecular formula is C19H24B2N6O4S. The van der Waals surface area contributed by atoms with E-state index in [2.05, 4.69) is 29.4 Å². The average Bonchev–Trinajstić information content (AvgIpc) is 2.77. The molecule has 2 aromatic heterocycles. The Morgan fingerprint density at radius 1 is 0.938 bits per heavy atom. The Balaban J connectivity index is 1.81. The summed E-state index contributed by atoms with van der Waals surface area (Å²) in [5.74, 6) is 0.343. The van der Waals surface area contributed by atoms with E-state index < -0.39 is 10.2 Å². The number of nitrogens with zero attached hydrogens (tertiary/aromatic N) is 4. The minimum Gasteiger partial charge on any atom is -0.473 e. The van der Waals surface area contributed by atoms with E-state index in [0.717, 1.165) is 10.9 Å². The van der Waals surface area contributed by atoms with E-state index in [9.17, 15) is 8.42 Å². The highest BCUT2D eigenvalue weighted by Gasteiger charge is 2.19. The quantitative estimate of drug-likeness (QED) is 0.267. The van der Waals surface area contributed by atoms with E-state index in [1.807, 2.05) is 46.9 Å². The van der Waals surface area contributed by atoms with Crippen molar-refractivity contribution in [3.63, 3.8) is 0 Å². The number of anilines is 1. The van der Waals surface area contributed by atoms with E-state index in [1.165, 1.54) is 6.33 Å². The van der Waals surface area contributed by atoms with Crippen LogP contribution >= 0.6 is 0 Å². The average molecular weight is 454 g/mol. The molecule has 0 saturated carbocycles. The summed E-state index contributed by atoms with van der Waals surface area (Å²) in [6.07, 6.45) is 5.23. The lowest BCUT2D eigenvalue weighted by atomic mass is 9.94. The molecule has 2 N–H and O–H groups in total. The molecule has 2 heterocycles. The van der Waals surface area contributed by atoms with Gasteiger partial charge in [-0.3, -0.25) is 4.72 Å². The number of nitrogens with one attached hydrogen (secondary N) is 2. The Morgan fingerprint density at radius 2 is 1.62 bits per heavy atom. The first-order chi connectivity index (χ1) is 15.4. The van der Waals surface area contributed by atoms with Gasteiger partial charge in [0.1, 0.15) is 35.2 Å². The summed E-state index contributed by atoms with van der Waals surface area (Å²) >= 11 is 0. The first kappa shape index (κ1) is 23.5. The molecular weight excluding hydrogens is 430 g/mol. The molecule has 10 nitrogen and oxygen atoms in total. The minimum atomic E-state index is -3.80. The summed E-state index contributed by atoms with van der Waals surface area (Å²) in [6.45, 7) is 2.51. The van der Waals surface area contributed by atoms with Gasteiger partial charge in [-0.25, -0.2) is 19.9 Å². The molecule has 0 bridgehead atoms. The van der Waals surface area contributed by atoms with E-state index in [-0.39, 0.29) is 30.9 Å². The van der Waals surface area contributed by atoms with Gasteiger partial charge < -0.3 is 9.47 Å². The van der Waals surface area contributed by atoms with Gasteiger partial charge >= 0.3 is 6.01 Å². The van der Waals surface area contributed by atoms with Crippen LogP contribution in [0.25, 0.3) is 11.1 Å². The van der Waals surface area contributed by atoms with Crippen LogP contribution in [0.1, 0.15) is 13.3 Å². The van der Waals surface area contributed by atoms with Gasteiger partial charge in [0.15, 0.2) is 5.82 Å². The molecule has 0 unspecified atom stereocenters. The lowest BCUT2D eigenvalue weighted by Crippen LogP contribution is -2.31. The van der Waals surface area contributed by atoms with Crippen LogP contribution in [-0.4, -0.2) is 63.8 Å². The number of hydrogen-bond acceptors (Lipinski definition) is 8. The number of hydrogen-bond donors (Lipinski definition) is 2. The second-order valence-electron chi connectivity index (χ2n) is 7.01. The van der Waals surface area contributed by atoms with Gasteiger partial charge in [0.25, 0.3) is 10.2 Å². The van der Waals surface area contributed by atoms with E-state index >= 15 is 0 Å². The van der Waals surface area contributed by atoms with Gasteiger partial charge in [0.2, 0.25) is 5.88 Å². The largest absolute Gasteiger partial charge is 0.473 e. The highest BCUT2D eigenvalue weighted by Crippen LogP contribution is 2.33. The van der Waals surface area contributed by atoms with Crippen molar-refractivity contribution in [2.24, 2.45) is 0 Å². The molecule has 0 aliphatic heterocycles. The number of ether oxygens (including phenoxy) is 2. The van der Waals surface area contributed by atoms with Crippen molar-refractivity contribution >= 4 is 42.6 Å². The van der Waals surface area contributed by atoms with Crippen molar-refractivity contribution < 1.29 is 17.9 Å². The van der Waals surface area contributed by atoms with Crippen LogP contribution in [0.15, 0.2) is 43.0 Å². The van der Waals surface area contributed by atoms with Crippen molar-refractivity contribution in [3.05, 3.63) is 43.0 Å². The Morgan fingerprint density at radius 3 is 2.31 bits per heavy atom. The van der Waals surface area contributed by atoms with Gasteiger partial charge in [0.05, 0.1) is 5.56 Å². The van der Waals surface area contributed by atoms with Crippen LogP contribution in [0.2, 0.25) is 0 Å². The Kier molecular flexibility index (Phi) is 8.01. The van der Waals surface area contributed by atoms with E-state index in [0.29, 0.717) is 24.1 Å². The van der Waals surface area contributed by atoms with Crippen molar-refractivity contribution in [2.45, 2.75) is 13.3 Å². The molecule has 3 aromatic rings. The molecule has 0 spiro atoms. The maximum absolute atomic E-state index is 12.4. The third kappa shape index (κ3) is 6.66. The Labute approximate surface area is 189 Å². The van der Waals surface area contributed by atoms with Gasteiger partial charge in [-0.1, -0.05) is 42.1 Å². The van der Waals surface area contributed by atoms with Crippen LogP contribution < -0.4 is 29.8 Å². The molecule has 0 aliphatic carbocycles. The van der Waals surface area contributed by atoms with Crippen LogP contribution in [0.3, 0.4) is 0 Å². The third-order valence-corrected chi connectivity index (χ3v) is 5.28. The zero-order valence-electron chi connectivity index (χ0n) is 18.2. The number of aromatic nitrogens is 4. The second-order valence-corrected chi connectivity index (χ2v) is 8.51. The minimum absolute atomic E-state index is 0.116. The summed E-state index contributed by atoms with van der Waals surface area (Å²) in [5.41, 5.74) is 3.13. The van der Waals surface area contributed by atoms with Crippen molar-refractivity contribution in [1.82, 2.24) is 24.7 Å². The maximum Gasteiger partial charge on any atom is 0.316 e. The fourth-order valence-corrected chi connectivity index (χ4v) is 3.62. The predicted octanol–water partition coefficient (Wildman–Crippen LogP) is -1.44. The first-order valence-electron chi connectivity index (χ1n) is 10.1. The van der Waals surface area contributed by atoms with Gasteiger partial charge in [-0.05, 0) is 12.0 Å². The molecule has 0 aliphatic rings.